The van der Waals surface area contributed by atoms with Crippen molar-refractivity contribution in [2.75, 3.05) is 13.1 Å². The molecule has 2 heterocycles. The minimum absolute atomic E-state index is 0.0113. The maximum Gasteiger partial charge on any atom is 0.255 e. The van der Waals surface area contributed by atoms with Gasteiger partial charge < -0.3 is 9.88 Å². The number of halogens is 2. The number of rotatable bonds is 2. The molecule has 128 valence electrons. The lowest BCUT2D eigenvalue weighted by atomic mass is 9.93. The quantitative estimate of drug-likeness (QED) is 0.690. The van der Waals surface area contributed by atoms with Crippen LogP contribution in [0, 0.1) is 5.82 Å². The molecule has 1 aliphatic rings. The third-order valence-corrected chi connectivity index (χ3v) is 5.26. The fourth-order valence-electron chi connectivity index (χ4n) is 3.54. The van der Waals surface area contributed by atoms with Gasteiger partial charge >= 0.3 is 0 Å². The van der Waals surface area contributed by atoms with Gasteiger partial charge in [-0.2, -0.15) is 0 Å². The van der Waals surface area contributed by atoms with Crippen molar-refractivity contribution in [3.8, 4) is 0 Å². The molecule has 25 heavy (non-hydrogen) atoms. The van der Waals surface area contributed by atoms with E-state index in [-0.39, 0.29) is 11.7 Å². The highest BCUT2D eigenvalue weighted by atomic mass is 35.5. The minimum atomic E-state index is -0.224. The molecule has 0 bridgehead atoms. The Kier molecular flexibility index (Phi) is 4.22. The number of nitrogens with zero attached hydrogens (tertiary/aromatic N) is 1. The van der Waals surface area contributed by atoms with Gasteiger partial charge in [0.25, 0.3) is 5.91 Å². The van der Waals surface area contributed by atoms with E-state index in [1.165, 1.54) is 6.07 Å². The van der Waals surface area contributed by atoms with Gasteiger partial charge in [-0.15, -0.1) is 0 Å². The highest BCUT2D eigenvalue weighted by Crippen LogP contribution is 2.31. The number of amides is 1. The number of hydrogen-bond donors (Lipinski definition) is 1. The molecule has 1 saturated heterocycles. The van der Waals surface area contributed by atoms with Crippen molar-refractivity contribution in [1.82, 2.24) is 9.88 Å². The Balaban J connectivity index is 1.47. The number of aromatic nitrogens is 1. The zero-order valence-corrected chi connectivity index (χ0v) is 14.4. The van der Waals surface area contributed by atoms with Crippen LogP contribution >= 0.6 is 11.6 Å². The summed E-state index contributed by atoms with van der Waals surface area (Å²) in [6.45, 7) is 1.39. The predicted molar refractivity (Wildman–Crippen MR) is 97.6 cm³/mol. The Labute approximate surface area is 150 Å². The zero-order chi connectivity index (χ0) is 17.4. The van der Waals surface area contributed by atoms with Crippen molar-refractivity contribution in [3.05, 3.63) is 70.6 Å². The van der Waals surface area contributed by atoms with Crippen LogP contribution in [0.1, 0.15) is 34.8 Å². The first-order chi connectivity index (χ1) is 12.1. The number of fused-ring (bicyclic) bond motifs is 1. The lowest BCUT2D eigenvalue weighted by Crippen LogP contribution is -2.38. The summed E-state index contributed by atoms with van der Waals surface area (Å²) < 4.78 is 13.4. The van der Waals surface area contributed by atoms with Crippen LogP contribution in [0.25, 0.3) is 10.9 Å². The van der Waals surface area contributed by atoms with Gasteiger partial charge in [-0.25, -0.2) is 4.39 Å². The molecule has 4 rings (SSSR count). The van der Waals surface area contributed by atoms with Crippen LogP contribution in [-0.2, 0) is 0 Å². The van der Waals surface area contributed by atoms with Gasteiger partial charge in [-0.05, 0) is 49.2 Å². The standard InChI is InChI=1S/C20H18ClFN2O/c21-17-4-2-1-3-16(17)20(25)24-9-7-13(8-10-24)19-12-14-11-15(22)5-6-18(14)23-19/h1-6,11-13,23H,7-10H2. The van der Waals surface area contributed by atoms with Crippen molar-refractivity contribution in [2.45, 2.75) is 18.8 Å². The van der Waals surface area contributed by atoms with Crippen molar-refractivity contribution < 1.29 is 9.18 Å². The SMILES string of the molecule is O=C(c1ccccc1Cl)N1CCC(c2cc3cc(F)ccc3[nH]2)CC1. The first-order valence-electron chi connectivity index (χ1n) is 8.44. The zero-order valence-electron chi connectivity index (χ0n) is 13.6. The maximum atomic E-state index is 13.4. The average Bonchev–Trinajstić information content (AvgIpc) is 3.05. The molecule has 0 spiro atoms. The molecular formula is C20H18ClFN2O. The summed E-state index contributed by atoms with van der Waals surface area (Å²) in [7, 11) is 0. The fourth-order valence-corrected chi connectivity index (χ4v) is 3.76. The van der Waals surface area contributed by atoms with E-state index >= 15 is 0 Å². The van der Waals surface area contributed by atoms with Gasteiger partial charge in [0, 0.05) is 35.6 Å². The number of carbonyl (C=O) groups excluding carboxylic acids is 1. The maximum absolute atomic E-state index is 13.4. The Morgan fingerprint density at radius 2 is 1.88 bits per heavy atom. The van der Waals surface area contributed by atoms with E-state index in [0.717, 1.165) is 29.4 Å². The number of hydrogen-bond acceptors (Lipinski definition) is 1. The molecule has 0 aliphatic carbocycles. The van der Waals surface area contributed by atoms with E-state index in [1.807, 2.05) is 23.1 Å². The second kappa shape index (κ2) is 6.52. The molecule has 5 heteroatoms. The molecule has 1 aromatic heterocycles. The van der Waals surface area contributed by atoms with Crippen LogP contribution in [0.2, 0.25) is 5.02 Å². The van der Waals surface area contributed by atoms with E-state index in [4.69, 9.17) is 11.6 Å². The van der Waals surface area contributed by atoms with Crippen molar-refractivity contribution in [3.63, 3.8) is 0 Å². The number of benzene rings is 2. The molecule has 1 aliphatic heterocycles. The van der Waals surface area contributed by atoms with Gasteiger partial charge in [0.15, 0.2) is 0 Å². The largest absolute Gasteiger partial charge is 0.358 e. The summed E-state index contributed by atoms with van der Waals surface area (Å²) in [6.07, 6.45) is 1.76. The first kappa shape index (κ1) is 16.2. The summed E-state index contributed by atoms with van der Waals surface area (Å²) in [6, 6.07) is 14.0. The van der Waals surface area contributed by atoms with Crippen LogP contribution < -0.4 is 0 Å². The van der Waals surface area contributed by atoms with Crippen LogP contribution in [0.3, 0.4) is 0 Å². The third-order valence-electron chi connectivity index (χ3n) is 4.93. The molecule has 0 saturated carbocycles. The number of aromatic amines is 1. The number of carbonyl (C=O) groups is 1. The lowest BCUT2D eigenvalue weighted by molar-refractivity contribution is 0.0712. The summed E-state index contributed by atoms with van der Waals surface area (Å²) in [5, 5.41) is 1.39. The minimum Gasteiger partial charge on any atom is -0.358 e. The molecule has 1 N–H and O–H groups in total. The van der Waals surface area contributed by atoms with Crippen molar-refractivity contribution in [1.29, 1.82) is 0 Å². The monoisotopic (exact) mass is 356 g/mol. The fraction of sp³-hybridized carbons (Fsp3) is 0.250. The molecule has 1 amide bonds. The molecule has 3 nitrogen and oxygen atoms in total. The van der Waals surface area contributed by atoms with E-state index in [0.29, 0.717) is 29.6 Å². The second-order valence-electron chi connectivity index (χ2n) is 6.50. The molecule has 3 aromatic rings. The van der Waals surface area contributed by atoms with Crippen molar-refractivity contribution >= 4 is 28.4 Å². The number of piperidine rings is 1. The highest BCUT2D eigenvalue weighted by molar-refractivity contribution is 6.33. The van der Waals surface area contributed by atoms with Crippen LogP contribution in [0.15, 0.2) is 48.5 Å². The second-order valence-corrected chi connectivity index (χ2v) is 6.91. The Morgan fingerprint density at radius 1 is 1.12 bits per heavy atom. The molecule has 0 atom stereocenters. The molecule has 0 unspecified atom stereocenters. The Bertz CT molecular complexity index is 928. The summed E-state index contributed by atoms with van der Waals surface area (Å²) in [5.74, 6) is 0.117. The average molecular weight is 357 g/mol. The summed E-state index contributed by atoms with van der Waals surface area (Å²) in [4.78, 5) is 17.9. The van der Waals surface area contributed by atoms with Gasteiger partial charge in [0.1, 0.15) is 5.82 Å². The van der Waals surface area contributed by atoms with Gasteiger partial charge in [-0.1, -0.05) is 23.7 Å². The summed E-state index contributed by atoms with van der Waals surface area (Å²) in [5.41, 5.74) is 2.63. The number of likely N-dealkylation sites (tertiary alicyclic amines) is 1. The van der Waals surface area contributed by atoms with Gasteiger partial charge in [0.2, 0.25) is 0 Å². The lowest BCUT2D eigenvalue weighted by Gasteiger charge is -2.32. The Morgan fingerprint density at radius 3 is 2.64 bits per heavy atom. The van der Waals surface area contributed by atoms with Gasteiger partial charge in [0.05, 0.1) is 10.6 Å². The molecular weight excluding hydrogens is 339 g/mol. The number of nitrogens with one attached hydrogen (secondary N) is 1. The van der Waals surface area contributed by atoms with E-state index in [1.54, 1.807) is 24.3 Å². The van der Waals surface area contributed by atoms with E-state index in [9.17, 15) is 9.18 Å². The van der Waals surface area contributed by atoms with E-state index in [2.05, 4.69) is 4.98 Å². The highest BCUT2D eigenvalue weighted by Gasteiger charge is 2.26. The predicted octanol–water partition coefficient (Wildman–Crippen LogP) is 4.98. The van der Waals surface area contributed by atoms with Crippen LogP contribution in [0.5, 0.6) is 0 Å². The van der Waals surface area contributed by atoms with Crippen molar-refractivity contribution in [2.24, 2.45) is 0 Å². The topological polar surface area (TPSA) is 36.1 Å². The normalized spacial score (nSPS) is 15.7. The number of H-pyrrole nitrogens is 1. The Hall–Kier alpha value is -2.33. The molecule has 2 aromatic carbocycles. The summed E-state index contributed by atoms with van der Waals surface area (Å²) >= 11 is 6.14. The van der Waals surface area contributed by atoms with E-state index < -0.39 is 0 Å². The first-order valence-corrected chi connectivity index (χ1v) is 8.81. The molecule has 0 radical (unpaired) electrons. The van der Waals surface area contributed by atoms with Gasteiger partial charge in [-0.3, -0.25) is 4.79 Å². The van der Waals surface area contributed by atoms with Crippen LogP contribution in [-0.4, -0.2) is 28.9 Å². The third kappa shape index (κ3) is 3.14. The molecule has 1 fully saturated rings. The smallest absolute Gasteiger partial charge is 0.255 e. The van der Waals surface area contributed by atoms with Crippen LogP contribution in [0.4, 0.5) is 4.39 Å².